The number of thiol groups is 4. The number of likely N-dealkylation sites (tertiary alicyclic amines) is 1. The van der Waals surface area contributed by atoms with Crippen molar-refractivity contribution in [2.24, 2.45) is 40.3 Å². The number of amides is 16. The van der Waals surface area contributed by atoms with Crippen molar-refractivity contribution in [1.29, 1.82) is 16.2 Å². The van der Waals surface area contributed by atoms with E-state index in [1.54, 1.807) is 30.5 Å². The Labute approximate surface area is 759 Å². The number of aliphatic hydroxyl groups is 1. The summed E-state index contributed by atoms with van der Waals surface area (Å²) in [6.45, 7) is 2.72. The fraction of sp³-hybridized carbons (Fsp3) is 0.613. The van der Waals surface area contributed by atoms with E-state index < -0.39 is 271 Å². The fourth-order valence-electron chi connectivity index (χ4n) is 12.9. The molecule has 0 radical (unpaired) electrons. The van der Waals surface area contributed by atoms with E-state index in [0.717, 1.165) is 0 Å². The maximum absolute atomic E-state index is 15.0. The summed E-state index contributed by atoms with van der Waals surface area (Å²) in [4.78, 5) is 251. The van der Waals surface area contributed by atoms with Crippen LogP contribution in [0, 0.1) is 22.1 Å². The highest BCUT2D eigenvalue weighted by atomic mass is 32.1. The Hall–Kier alpha value is -11.7. The number of nitrogens with two attached hydrogens (primary N) is 6. The number of primary amides is 1. The van der Waals surface area contributed by atoms with Gasteiger partial charge < -0.3 is 150 Å². The number of para-hydroxylation sites is 1. The van der Waals surface area contributed by atoms with Crippen LogP contribution in [0.5, 0.6) is 0 Å². The number of unbranched alkanes of at least 4 members (excludes halogenated alkanes) is 1. The second kappa shape index (κ2) is 57.9. The molecule has 2 heterocycles. The number of benzene rings is 1. The van der Waals surface area contributed by atoms with Crippen molar-refractivity contribution in [3.63, 3.8) is 0 Å². The van der Waals surface area contributed by atoms with Crippen LogP contribution in [0.2, 0.25) is 0 Å². The lowest BCUT2D eigenvalue weighted by Gasteiger charge is -2.31. The zero-order valence-electron chi connectivity index (χ0n) is 71.1. The van der Waals surface area contributed by atoms with Gasteiger partial charge in [-0.15, -0.1) is 0 Å². The van der Waals surface area contributed by atoms with Gasteiger partial charge in [0.05, 0.1) is 13.2 Å². The number of nitrogens with zero attached hydrogens (tertiary/aromatic N) is 1. The van der Waals surface area contributed by atoms with E-state index >= 15 is 0 Å². The Bertz CT molecular complexity index is 4190. The van der Waals surface area contributed by atoms with Crippen LogP contribution in [0.1, 0.15) is 123 Å². The number of carboxylic acid groups (broad SMARTS) is 2. The molecule has 36 N–H and O–H groups in total. The number of guanidine groups is 3. The quantitative estimate of drug-likeness (QED) is 0.0127. The number of nitrogens with one attached hydrogen (secondary N) is 21. The molecule has 1 saturated heterocycles. The standard InChI is InChI=1S/C75H124N28O21S4/c1-36(2)57(70(121)95-45(20-22-56(107)108)62(113)101-52(35-128)72(123)124)102-63(114)43(17-10-26-87-75(83)84)91-58(109)37(3)89-59(110)41(15-8-24-85-73(79)80)92-67(118)51(34-127)100-64(115)47(28-38-30-88-40-13-5-4-12-39(38)40)97-69(120)53-18-11-27-103(53)71(122)46(14-6-7-23-76)96-65(116)48(31-104)98-61(112)44(19-21-54(78)105)94-68(119)50(33-126)99-60(111)42(16-9-25-86-74(81)82)93-66(117)49(32-125)90-55(106)29-77/h4-5,12-13,30,36-37,41-53,57,88,104,125-128H,6-11,14-29,31-35,76-77H2,1-3H3,(H2,78,105)(H,89,110)(H,90,106)(H,91,109)(H,92,118)(H,93,117)(H,94,119)(H,95,121)(H,96,116)(H,97,120)(H,98,112)(H,99,111)(H,100,115)(H,101,113)(H,102,114)(H,107,108)(H,123,124)(H4,79,80,85)(H4,81,82,86)(H4,83,84,87)/t37-,41-,42-,43-,44-,45-,46-,47-,48-,49-,50-,51-,52-,53-,57-/m0/s1. The maximum Gasteiger partial charge on any atom is 0.327 e. The Morgan fingerprint density at radius 3 is 1.31 bits per heavy atom. The third-order valence-electron chi connectivity index (χ3n) is 19.8. The SMILES string of the molecule is CC(C)[C@H](NC(=O)[C@H](CCCNC(=N)N)NC(=O)[C@H](C)NC(=O)[C@H](CCCNC(=N)N)NC(=O)[C@H](CS)NC(=O)[C@H](Cc1c[nH]c2ccccc12)NC(=O)[C@@H]1CCCN1C(=O)[C@H](CCCCN)NC(=O)[C@H](CO)NC(=O)[C@H](CCC(N)=O)NC(=O)[C@H](CS)NC(=O)[C@H](CCCNC(=N)N)NC(=O)[C@H](CS)NC(=O)CN)C(=O)N[C@@H](CCC(=O)O)C(=O)N[C@@H](CS)C(=O)O. The zero-order valence-corrected chi connectivity index (χ0v) is 74.7. The molecular formula is C75H124N28O21S4. The molecule has 0 aliphatic carbocycles. The maximum atomic E-state index is 15.0. The van der Waals surface area contributed by atoms with E-state index in [2.05, 4.69) is 146 Å². The van der Waals surface area contributed by atoms with E-state index in [9.17, 15) is 102 Å². The first kappa shape index (κ1) is 110. The lowest BCUT2D eigenvalue weighted by Crippen LogP contribution is -2.61. The van der Waals surface area contributed by atoms with Gasteiger partial charge in [0.1, 0.15) is 90.6 Å². The van der Waals surface area contributed by atoms with Gasteiger partial charge >= 0.3 is 11.9 Å². The monoisotopic (exact) mass is 1880 g/mol. The van der Waals surface area contributed by atoms with E-state index in [-0.39, 0.29) is 115 Å². The number of carboxylic acids is 2. The zero-order chi connectivity index (χ0) is 96.0. The van der Waals surface area contributed by atoms with Crippen molar-refractivity contribution < 1.29 is 102 Å². The summed E-state index contributed by atoms with van der Waals surface area (Å²) in [6.07, 6.45) is -0.666. The summed E-state index contributed by atoms with van der Waals surface area (Å²) < 4.78 is 0. The van der Waals surface area contributed by atoms with Gasteiger partial charge in [-0.3, -0.25) is 97.7 Å². The third-order valence-corrected chi connectivity index (χ3v) is 21.3. The number of hydrogen-bond donors (Lipinski definition) is 34. The van der Waals surface area contributed by atoms with Gasteiger partial charge in [0.25, 0.3) is 0 Å². The minimum absolute atomic E-state index is 0.00275. The summed E-state index contributed by atoms with van der Waals surface area (Å²) in [5.41, 5.74) is 34.2. The van der Waals surface area contributed by atoms with Gasteiger partial charge in [-0.05, 0) is 114 Å². The molecule has 1 aromatic heterocycles. The van der Waals surface area contributed by atoms with Crippen LogP contribution in [0.15, 0.2) is 30.5 Å². The molecule has 49 nitrogen and oxygen atoms in total. The van der Waals surface area contributed by atoms with Crippen molar-refractivity contribution in [3.8, 4) is 0 Å². The van der Waals surface area contributed by atoms with Gasteiger partial charge in [-0.25, -0.2) is 4.79 Å². The molecule has 0 unspecified atom stereocenters. The molecule has 1 aliphatic rings. The second-order valence-corrected chi connectivity index (χ2v) is 31.6. The molecule has 1 fully saturated rings. The predicted octanol–water partition coefficient (Wildman–Crippen LogP) is -10.0. The van der Waals surface area contributed by atoms with E-state index in [0.29, 0.717) is 22.9 Å². The number of aliphatic hydroxyl groups excluding tert-OH is 1. The first-order valence-corrected chi connectivity index (χ1v) is 43.6. The number of aromatic amines is 1. The number of carbonyl (C=O) groups excluding carboxylic acids is 16. The number of hydrogen-bond acceptors (Lipinski definition) is 28. The largest absolute Gasteiger partial charge is 0.481 e. The number of rotatable bonds is 60. The number of H-pyrrole nitrogens is 1. The van der Waals surface area contributed by atoms with E-state index in [4.69, 9.17) is 50.6 Å². The Morgan fingerprint density at radius 1 is 0.461 bits per heavy atom. The van der Waals surface area contributed by atoms with Crippen LogP contribution < -0.4 is 125 Å². The highest BCUT2D eigenvalue weighted by Gasteiger charge is 2.42. The third kappa shape index (κ3) is 38.9. The van der Waals surface area contributed by atoms with Crippen LogP contribution >= 0.6 is 50.5 Å². The minimum Gasteiger partial charge on any atom is -0.481 e. The molecule has 3 rings (SSSR count). The van der Waals surface area contributed by atoms with Gasteiger partial charge in [-0.1, -0.05) is 32.0 Å². The molecule has 0 saturated carbocycles. The molecule has 15 atom stereocenters. The molecule has 1 aromatic carbocycles. The first-order chi connectivity index (χ1) is 60.6. The van der Waals surface area contributed by atoms with Crippen molar-refractivity contribution in [1.82, 2.24) is 100 Å². The molecule has 1 aliphatic heterocycles. The van der Waals surface area contributed by atoms with Crippen LogP contribution in [0.4, 0.5) is 0 Å². The highest BCUT2D eigenvalue weighted by molar-refractivity contribution is 7.80. The molecular weight excluding hydrogens is 1760 g/mol. The van der Waals surface area contributed by atoms with Gasteiger partial charge in [-0.2, -0.15) is 50.5 Å². The number of aliphatic carboxylic acids is 2. The predicted molar refractivity (Wildman–Crippen MR) is 479 cm³/mol. The van der Waals surface area contributed by atoms with Gasteiger partial charge in [0, 0.05) is 85.6 Å². The Morgan fingerprint density at radius 2 is 0.859 bits per heavy atom. The fourth-order valence-corrected chi connectivity index (χ4v) is 13.9. The smallest absolute Gasteiger partial charge is 0.327 e. The normalized spacial score (nSPS) is 15.5. The molecule has 53 heteroatoms. The molecule has 128 heavy (non-hydrogen) atoms. The lowest BCUT2D eigenvalue weighted by atomic mass is 10.0. The minimum atomic E-state index is -1.89. The topological polar surface area (TPSA) is 819 Å². The molecule has 2 aromatic rings. The van der Waals surface area contributed by atoms with Gasteiger partial charge in [0.2, 0.25) is 94.5 Å². The molecule has 0 bridgehead atoms. The summed E-state index contributed by atoms with van der Waals surface area (Å²) in [7, 11) is 0. The number of fused-ring (bicyclic) bond motifs is 1. The Balaban J connectivity index is 1.95. The summed E-state index contributed by atoms with van der Waals surface area (Å²) in [6, 6.07) is -16.2. The van der Waals surface area contributed by atoms with Crippen LogP contribution in [0.25, 0.3) is 10.9 Å². The molecule has 714 valence electrons. The first-order valence-electron chi connectivity index (χ1n) is 41.1. The van der Waals surface area contributed by atoms with Crippen LogP contribution in [-0.2, 0) is 92.7 Å². The van der Waals surface area contributed by atoms with Gasteiger partial charge in [0.15, 0.2) is 17.9 Å². The number of aromatic nitrogens is 1. The Kier molecular flexibility index (Phi) is 50.0. The molecule has 16 amide bonds. The number of carbonyl (C=O) groups is 18. The van der Waals surface area contributed by atoms with Crippen molar-refractivity contribution in [3.05, 3.63) is 36.0 Å². The summed E-state index contributed by atoms with van der Waals surface area (Å²) >= 11 is 16.6. The van der Waals surface area contributed by atoms with E-state index in [1.165, 1.54) is 25.7 Å². The summed E-state index contributed by atoms with van der Waals surface area (Å²) in [5, 5.41) is 95.2. The van der Waals surface area contributed by atoms with Crippen molar-refractivity contribution in [2.75, 3.05) is 68.9 Å². The lowest BCUT2D eigenvalue weighted by molar-refractivity contribution is -0.143. The highest BCUT2D eigenvalue weighted by Crippen LogP contribution is 2.24. The average Bonchev–Trinajstić information content (AvgIpc) is 1.61. The van der Waals surface area contributed by atoms with E-state index in [1.807, 2.05) is 0 Å². The van der Waals surface area contributed by atoms with Crippen molar-refractivity contribution >= 4 is 186 Å². The van der Waals surface area contributed by atoms with Crippen LogP contribution in [0.3, 0.4) is 0 Å². The van der Waals surface area contributed by atoms with Crippen LogP contribution in [-0.4, -0.2) is 309 Å². The molecule has 0 spiro atoms. The van der Waals surface area contributed by atoms with Crippen molar-refractivity contribution in [2.45, 2.75) is 214 Å². The second-order valence-electron chi connectivity index (χ2n) is 30.1. The average molecular weight is 1880 g/mol. The summed E-state index contributed by atoms with van der Waals surface area (Å²) in [5.74, 6) is -22.0.